The van der Waals surface area contributed by atoms with Crippen LogP contribution in [0.2, 0.25) is 0 Å². The van der Waals surface area contributed by atoms with E-state index in [0.29, 0.717) is 0 Å². The molecule has 2 N–H and O–H groups in total. The molecule has 3 nitrogen and oxygen atoms in total. The summed E-state index contributed by atoms with van der Waals surface area (Å²) in [5, 5.41) is 10.6. The Morgan fingerprint density at radius 3 is 2.19 bits per heavy atom. The number of halogens is 3. The number of anilines is 1. The molecule has 1 aromatic rings. The molecule has 1 amide bonds. The van der Waals surface area contributed by atoms with Crippen molar-refractivity contribution in [1.29, 1.82) is 0 Å². The first kappa shape index (κ1) is 14.3. The highest BCUT2D eigenvalue weighted by molar-refractivity contribution is 5.96. The minimum Gasteiger partial charge on any atom is -0.506 e. The summed E-state index contributed by atoms with van der Waals surface area (Å²) < 4.78 is 35.3. The number of nitrogens with one attached hydrogen (secondary N) is 1. The largest absolute Gasteiger partial charge is 0.506 e. The molecule has 0 radical (unpaired) electrons. The van der Waals surface area contributed by atoms with E-state index in [9.17, 15) is 18.0 Å². The van der Waals surface area contributed by atoms with E-state index in [1.54, 1.807) is 0 Å². The number of alkyl halides is 3. The van der Waals surface area contributed by atoms with Gasteiger partial charge in [-0.1, -0.05) is 26.0 Å². The Labute approximate surface area is 90.9 Å². The fraction of sp³-hybridized carbons (Fsp3) is 0.300. The van der Waals surface area contributed by atoms with Gasteiger partial charge in [0.05, 0.1) is 5.69 Å². The maximum Gasteiger partial charge on any atom is 0.471 e. The maximum atomic E-state index is 11.8. The van der Waals surface area contributed by atoms with Crippen LogP contribution in [0.4, 0.5) is 18.9 Å². The van der Waals surface area contributed by atoms with Crippen LogP contribution in [-0.2, 0) is 4.79 Å². The van der Waals surface area contributed by atoms with E-state index < -0.39 is 17.8 Å². The van der Waals surface area contributed by atoms with Crippen molar-refractivity contribution >= 4 is 11.6 Å². The maximum absolute atomic E-state index is 11.8. The molecule has 16 heavy (non-hydrogen) atoms. The fourth-order valence-corrected chi connectivity index (χ4v) is 0.773. The van der Waals surface area contributed by atoms with Gasteiger partial charge in [-0.25, -0.2) is 0 Å². The number of phenolic OH excluding ortho intramolecular Hbond substituents is 1. The van der Waals surface area contributed by atoms with E-state index in [1.807, 2.05) is 13.8 Å². The lowest BCUT2D eigenvalue weighted by molar-refractivity contribution is -0.167. The zero-order chi connectivity index (χ0) is 12.8. The lowest BCUT2D eigenvalue weighted by atomic mass is 10.3. The van der Waals surface area contributed by atoms with E-state index in [0.717, 1.165) is 0 Å². The van der Waals surface area contributed by atoms with Crippen LogP contribution in [0.15, 0.2) is 24.3 Å². The summed E-state index contributed by atoms with van der Waals surface area (Å²) in [5.41, 5.74) is -0.269. The Balaban J connectivity index is 0.00000106. The van der Waals surface area contributed by atoms with Crippen molar-refractivity contribution < 1.29 is 23.1 Å². The van der Waals surface area contributed by atoms with Crippen LogP contribution in [0.5, 0.6) is 5.75 Å². The normalized spacial score (nSPS) is 10.1. The van der Waals surface area contributed by atoms with Crippen LogP contribution in [0.1, 0.15) is 13.8 Å². The molecule has 0 aromatic heterocycles. The van der Waals surface area contributed by atoms with Crippen LogP contribution >= 0.6 is 0 Å². The highest BCUT2D eigenvalue weighted by Gasteiger charge is 2.38. The minimum atomic E-state index is -4.96. The summed E-state index contributed by atoms with van der Waals surface area (Å²) in [6.07, 6.45) is -4.96. The van der Waals surface area contributed by atoms with Gasteiger partial charge in [0.1, 0.15) is 5.75 Å². The predicted octanol–water partition coefficient (Wildman–Crippen LogP) is 2.92. The molecule has 0 aliphatic rings. The second kappa shape index (κ2) is 5.99. The summed E-state index contributed by atoms with van der Waals surface area (Å²) >= 11 is 0. The number of carbonyl (C=O) groups is 1. The predicted molar refractivity (Wildman–Crippen MR) is 54.1 cm³/mol. The number of para-hydroxylation sites is 2. The van der Waals surface area contributed by atoms with Crippen molar-refractivity contribution in [3.63, 3.8) is 0 Å². The van der Waals surface area contributed by atoms with Crippen LogP contribution in [0.3, 0.4) is 0 Å². The van der Waals surface area contributed by atoms with Crippen molar-refractivity contribution in [1.82, 2.24) is 0 Å². The first-order chi connectivity index (χ1) is 7.41. The number of benzene rings is 1. The molecule has 0 saturated carbocycles. The monoisotopic (exact) mass is 235 g/mol. The zero-order valence-electron chi connectivity index (χ0n) is 8.80. The SMILES string of the molecule is CC.O=C(Nc1ccccc1O)C(F)(F)F. The van der Waals surface area contributed by atoms with Crippen molar-refractivity contribution in [2.75, 3.05) is 5.32 Å². The molecule has 0 heterocycles. The van der Waals surface area contributed by atoms with Gasteiger partial charge in [0.15, 0.2) is 0 Å². The van der Waals surface area contributed by atoms with Crippen LogP contribution in [-0.4, -0.2) is 17.2 Å². The Hall–Kier alpha value is -1.72. The summed E-state index contributed by atoms with van der Waals surface area (Å²) in [4.78, 5) is 10.4. The van der Waals surface area contributed by atoms with Crippen LogP contribution < -0.4 is 5.32 Å². The first-order valence-corrected chi connectivity index (χ1v) is 4.57. The Bertz CT molecular complexity index is 350. The molecule has 0 aliphatic carbocycles. The summed E-state index contributed by atoms with van der Waals surface area (Å²) in [6, 6.07) is 5.16. The average molecular weight is 235 g/mol. The first-order valence-electron chi connectivity index (χ1n) is 4.57. The zero-order valence-corrected chi connectivity index (χ0v) is 8.80. The van der Waals surface area contributed by atoms with E-state index in [4.69, 9.17) is 5.11 Å². The van der Waals surface area contributed by atoms with Gasteiger partial charge in [0.2, 0.25) is 0 Å². The molecule has 0 unspecified atom stereocenters. The number of rotatable bonds is 1. The van der Waals surface area contributed by atoms with Gasteiger partial charge in [-0.2, -0.15) is 13.2 Å². The standard InChI is InChI=1S/C8H6F3NO2.C2H6/c9-8(10,11)7(14)12-5-3-1-2-4-6(5)13;1-2/h1-4,13H,(H,12,14);1-2H3. The fourth-order valence-electron chi connectivity index (χ4n) is 0.773. The minimum absolute atomic E-state index is 0.269. The number of phenols is 1. The molecule has 1 rings (SSSR count). The van der Waals surface area contributed by atoms with Gasteiger partial charge in [0.25, 0.3) is 0 Å². The Morgan fingerprint density at radius 2 is 1.75 bits per heavy atom. The van der Waals surface area contributed by atoms with Crippen molar-refractivity contribution in [2.45, 2.75) is 20.0 Å². The van der Waals surface area contributed by atoms with Crippen molar-refractivity contribution in [3.05, 3.63) is 24.3 Å². The van der Waals surface area contributed by atoms with Crippen LogP contribution in [0.25, 0.3) is 0 Å². The highest BCUT2D eigenvalue weighted by Crippen LogP contribution is 2.24. The molecule has 0 spiro atoms. The van der Waals surface area contributed by atoms with Gasteiger partial charge in [-0.15, -0.1) is 0 Å². The number of hydrogen-bond donors (Lipinski definition) is 2. The van der Waals surface area contributed by atoms with Gasteiger partial charge < -0.3 is 10.4 Å². The van der Waals surface area contributed by atoms with Gasteiger partial charge >= 0.3 is 12.1 Å². The number of aromatic hydroxyl groups is 1. The number of hydrogen-bond acceptors (Lipinski definition) is 2. The summed E-state index contributed by atoms with van der Waals surface area (Å²) in [5.74, 6) is -2.52. The third-order valence-corrected chi connectivity index (χ3v) is 1.41. The Morgan fingerprint density at radius 1 is 1.25 bits per heavy atom. The third kappa shape index (κ3) is 4.20. The Kier molecular flexibility index (Phi) is 5.35. The van der Waals surface area contributed by atoms with Gasteiger partial charge in [-0.05, 0) is 12.1 Å². The van der Waals surface area contributed by atoms with Crippen LogP contribution in [0, 0.1) is 0 Å². The molecule has 0 bridgehead atoms. The molecule has 6 heteroatoms. The molecular formula is C10H12F3NO2. The van der Waals surface area contributed by atoms with Gasteiger partial charge in [-0.3, -0.25) is 4.79 Å². The van der Waals surface area contributed by atoms with Crippen molar-refractivity contribution in [2.24, 2.45) is 0 Å². The number of amides is 1. The molecule has 90 valence electrons. The van der Waals surface area contributed by atoms with E-state index in [-0.39, 0.29) is 5.69 Å². The topological polar surface area (TPSA) is 49.3 Å². The van der Waals surface area contributed by atoms with E-state index in [2.05, 4.69) is 0 Å². The molecule has 0 aliphatic heterocycles. The quantitative estimate of drug-likeness (QED) is 0.735. The smallest absolute Gasteiger partial charge is 0.471 e. The molecular weight excluding hydrogens is 223 g/mol. The third-order valence-electron chi connectivity index (χ3n) is 1.41. The van der Waals surface area contributed by atoms with Gasteiger partial charge in [0, 0.05) is 0 Å². The molecule has 0 fully saturated rings. The second-order valence-electron chi connectivity index (χ2n) is 2.47. The lowest BCUT2D eigenvalue weighted by Gasteiger charge is -2.08. The van der Waals surface area contributed by atoms with E-state index >= 15 is 0 Å². The second-order valence-corrected chi connectivity index (χ2v) is 2.47. The molecule has 0 atom stereocenters. The van der Waals surface area contributed by atoms with Crippen molar-refractivity contribution in [3.8, 4) is 5.75 Å². The average Bonchev–Trinajstić information content (AvgIpc) is 2.23. The molecule has 1 aromatic carbocycles. The van der Waals surface area contributed by atoms with E-state index in [1.165, 1.54) is 29.6 Å². The summed E-state index contributed by atoms with van der Waals surface area (Å²) in [6.45, 7) is 4.00. The molecule has 0 saturated heterocycles. The number of carbonyl (C=O) groups excluding carboxylic acids is 1. The lowest BCUT2D eigenvalue weighted by Crippen LogP contribution is -2.29. The highest BCUT2D eigenvalue weighted by atomic mass is 19.4. The summed E-state index contributed by atoms with van der Waals surface area (Å²) in [7, 11) is 0.